The smallest absolute Gasteiger partial charge is 0.259 e. The zero-order valence-corrected chi connectivity index (χ0v) is 19.4. The molecule has 4 aromatic rings. The van der Waals surface area contributed by atoms with Crippen molar-refractivity contribution in [3.63, 3.8) is 0 Å². The van der Waals surface area contributed by atoms with E-state index in [0.29, 0.717) is 17.5 Å². The van der Waals surface area contributed by atoms with Crippen molar-refractivity contribution in [2.75, 3.05) is 19.7 Å². The number of carbonyl (C=O) groups is 2. The predicted octanol–water partition coefficient (Wildman–Crippen LogP) is 3.66. The molecule has 4 heterocycles. The summed E-state index contributed by atoms with van der Waals surface area (Å²) in [6.07, 6.45) is 4.10. The Balaban J connectivity index is 0.00000253. The standard InChI is InChI=1S/C26H22FN3O4.ClH/c27-18-6-5-14-8-10-34-24(14)22(18)23-21(25(32)29-26(23)33)17-12-30(20-4-2-1-3-16(17)20)19-7-9-28-11-15(19)13-31;/h1-6,8,10,12,15,19,28,31H,7,9,11,13H2,(H,29,32,33);1H. The number of para-hydroxylation sites is 1. The van der Waals surface area contributed by atoms with Crippen molar-refractivity contribution in [2.24, 2.45) is 5.92 Å². The lowest BCUT2D eigenvalue weighted by Crippen LogP contribution is -2.39. The lowest BCUT2D eigenvalue weighted by atomic mass is 9.93. The number of aliphatic hydroxyl groups is 1. The van der Waals surface area contributed by atoms with Gasteiger partial charge in [-0.15, -0.1) is 12.4 Å². The van der Waals surface area contributed by atoms with E-state index in [4.69, 9.17) is 4.42 Å². The van der Waals surface area contributed by atoms with Crippen LogP contribution in [0.4, 0.5) is 4.39 Å². The van der Waals surface area contributed by atoms with E-state index in [1.54, 1.807) is 12.1 Å². The SMILES string of the molecule is Cl.O=C1NC(=O)C(c2c(F)ccc3ccoc23)=C1c1cn(C2CCNCC2CO)c2ccccc12. The van der Waals surface area contributed by atoms with Gasteiger partial charge in [0.1, 0.15) is 11.4 Å². The molecule has 2 atom stereocenters. The van der Waals surface area contributed by atoms with Crippen molar-refractivity contribution < 1.29 is 23.5 Å². The first-order valence-corrected chi connectivity index (χ1v) is 11.3. The van der Waals surface area contributed by atoms with Gasteiger partial charge in [-0.05, 0) is 37.2 Å². The Morgan fingerprint density at radius 2 is 1.89 bits per heavy atom. The van der Waals surface area contributed by atoms with E-state index < -0.39 is 17.6 Å². The molecule has 2 aromatic heterocycles. The largest absolute Gasteiger partial charge is 0.464 e. The number of imide groups is 1. The first-order valence-electron chi connectivity index (χ1n) is 11.3. The summed E-state index contributed by atoms with van der Waals surface area (Å²) in [4.78, 5) is 26.1. The molecule has 0 bridgehead atoms. The average molecular weight is 496 g/mol. The maximum atomic E-state index is 15.1. The number of aromatic nitrogens is 1. The number of carbonyl (C=O) groups excluding carboxylic acids is 2. The van der Waals surface area contributed by atoms with Crippen LogP contribution in [0.25, 0.3) is 33.0 Å². The Morgan fingerprint density at radius 3 is 2.71 bits per heavy atom. The molecule has 0 spiro atoms. The maximum absolute atomic E-state index is 15.1. The van der Waals surface area contributed by atoms with Crippen molar-refractivity contribution in [3.8, 4) is 0 Å². The summed E-state index contributed by atoms with van der Waals surface area (Å²) in [7, 11) is 0. The number of fused-ring (bicyclic) bond motifs is 2. The van der Waals surface area contributed by atoms with Crippen molar-refractivity contribution in [1.82, 2.24) is 15.2 Å². The third-order valence-corrected chi connectivity index (χ3v) is 6.92. The number of hydrogen-bond donors (Lipinski definition) is 3. The molecule has 3 N–H and O–H groups in total. The van der Waals surface area contributed by atoms with Crippen LogP contribution in [0.3, 0.4) is 0 Å². The fraction of sp³-hybridized carbons (Fsp3) is 0.231. The normalized spacial score (nSPS) is 20.5. The highest BCUT2D eigenvalue weighted by Gasteiger charge is 2.37. The molecule has 2 aliphatic rings. The van der Waals surface area contributed by atoms with Gasteiger partial charge >= 0.3 is 0 Å². The van der Waals surface area contributed by atoms with E-state index >= 15 is 4.39 Å². The van der Waals surface area contributed by atoms with Crippen LogP contribution in [0.1, 0.15) is 23.6 Å². The molecule has 7 nitrogen and oxygen atoms in total. The molecule has 1 saturated heterocycles. The Bertz CT molecular complexity index is 1510. The zero-order chi connectivity index (χ0) is 23.4. The third kappa shape index (κ3) is 3.56. The lowest BCUT2D eigenvalue weighted by molar-refractivity contribution is -0.122. The van der Waals surface area contributed by atoms with Crippen molar-refractivity contribution in [2.45, 2.75) is 12.5 Å². The molecule has 35 heavy (non-hydrogen) atoms. The topological polar surface area (TPSA) is 96.5 Å². The highest BCUT2D eigenvalue weighted by Crippen LogP contribution is 2.41. The Kier molecular flexibility index (Phi) is 5.96. The number of nitrogens with zero attached hydrogens (tertiary/aromatic N) is 1. The number of halogens is 2. The van der Waals surface area contributed by atoms with Crippen LogP contribution in [-0.2, 0) is 9.59 Å². The average Bonchev–Trinajstić information content (AvgIpc) is 3.54. The number of rotatable bonds is 4. The molecule has 1 fully saturated rings. The highest BCUT2D eigenvalue weighted by molar-refractivity contribution is 6.50. The van der Waals surface area contributed by atoms with Gasteiger partial charge < -0.3 is 19.4 Å². The van der Waals surface area contributed by atoms with Gasteiger partial charge in [-0.3, -0.25) is 14.9 Å². The molecular weight excluding hydrogens is 473 g/mol. The van der Waals surface area contributed by atoms with Crippen LogP contribution in [0.15, 0.2) is 59.3 Å². The number of amides is 2. The van der Waals surface area contributed by atoms with E-state index in [1.165, 1.54) is 12.3 Å². The third-order valence-electron chi connectivity index (χ3n) is 6.92. The second-order valence-electron chi connectivity index (χ2n) is 8.76. The summed E-state index contributed by atoms with van der Waals surface area (Å²) < 4.78 is 22.7. The van der Waals surface area contributed by atoms with Gasteiger partial charge in [0.05, 0.1) is 23.0 Å². The van der Waals surface area contributed by atoms with Crippen LogP contribution in [0.5, 0.6) is 0 Å². The van der Waals surface area contributed by atoms with Crippen LogP contribution in [0.2, 0.25) is 0 Å². The molecule has 9 heteroatoms. The quantitative estimate of drug-likeness (QED) is 0.375. The van der Waals surface area contributed by atoms with Gasteiger partial charge in [-0.1, -0.05) is 18.2 Å². The van der Waals surface area contributed by atoms with Crippen LogP contribution >= 0.6 is 12.4 Å². The van der Waals surface area contributed by atoms with E-state index in [2.05, 4.69) is 15.2 Å². The molecule has 0 aliphatic carbocycles. The van der Waals surface area contributed by atoms with Crippen molar-refractivity contribution >= 4 is 57.2 Å². The van der Waals surface area contributed by atoms with Crippen LogP contribution in [-0.4, -0.2) is 41.2 Å². The van der Waals surface area contributed by atoms with E-state index in [0.717, 1.165) is 23.9 Å². The van der Waals surface area contributed by atoms with E-state index in [1.807, 2.05) is 30.5 Å². The minimum Gasteiger partial charge on any atom is -0.464 e. The van der Waals surface area contributed by atoms with Crippen LogP contribution < -0.4 is 10.6 Å². The number of benzene rings is 2. The number of nitrogens with one attached hydrogen (secondary N) is 2. The molecule has 2 amide bonds. The number of furan rings is 1. The summed E-state index contributed by atoms with van der Waals surface area (Å²) in [6.45, 7) is 1.52. The number of piperidine rings is 1. The number of aliphatic hydroxyl groups excluding tert-OH is 1. The summed E-state index contributed by atoms with van der Waals surface area (Å²) in [5.74, 6) is -1.87. The zero-order valence-electron chi connectivity index (χ0n) is 18.6. The summed E-state index contributed by atoms with van der Waals surface area (Å²) in [5, 5.41) is 17.1. The summed E-state index contributed by atoms with van der Waals surface area (Å²) >= 11 is 0. The van der Waals surface area contributed by atoms with Gasteiger partial charge in [0, 0.05) is 53.2 Å². The Hall–Kier alpha value is -3.46. The molecule has 6 rings (SSSR count). The second kappa shape index (κ2) is 8.96. The molecule has 0 radical (unpaired) electrons. The molecule has 180 valence electrons. The Labute approximate surface area is 206 Å². The molecule has 2 unspecified atom stereocenters. The van der Waals surface area contributed by atoms with Gasteiger partial charge in [0.15, 0.2) is 0 Å². The first kappa shape index (κ1) is 23.3. The van der Waals surface area contributed by atoms with E-state index in [9.17, 15) is 14.7 Å². The van der Waals surface area contributed by atoms with Gasteiger partial charge in [0.2, 0.25) is 0 Å². The van der Waals surface area contributed by atoms with Gasteiger partial charge in [-0.25, -0.2) is 4.39 Å². The van der Waals surface area contributed by atoms with Crippen molar-refractivity contribution in [1.29, 1.82) is 0 Å². The highest BCUT2D eigenvalue weighted by atomic mass is 35.5. The van der Waals surface area contributed by atoms with Crippen molar-refractivity contribution in [3.05, 3.63) is 71.9 Å². The summed E-state index contributed by atoms with van der Waals surface area (Å²) in [5.41, 5.74) is 1.73. The monoisotopic (exact) mass is 495 g/mol. The molecule has 2 aliphatic heterocycles. The minimum absolute atomic E-state index is 0. The predicted molar refractivity (Wildman–Crippen MR) is 132 cm³/mol. The molecule has 2 aromatic carbocycles. The van der Waals surface area contributed by atoms with Gasteiger partial charge in [0.25, 0.3) is 11.8 Å². The lowest BCUT2D eigenvalue weighted by Gasteiger charge is -2.32. The minimum atomic E-state index is -0.658. The molecule has 0 saturated carbocycles. The van der Waals surface area contributed by atoms with Crippen LogP contribution in [0, 0.1) is 11.7 Å². The fourth-order valence-electron chi connectivity index (χ4n) is 5.33. The molecular formula is C26H23ClFN3O4. The fourth-order valence-corrected chi connectivity index (χ4v) is 5.33. The Morgan fingerprint density at radius 1 is 1.09 bits per heavy atom. The van der Waals surface area contributed by atoms with Gasteiger partial charge in [-0.2, -0.15) is 0 Å². The number of hydrogen-bond acceptors (Lipinski definition) is 5. The maximum Gasteiger partial charge on any atom is 0.259 e. The first-order chi connectivity index (χ1) is 16.6. The second-order valence-corrected chi connectivity index (χ2v) is 8.76. The summed E-state index contributed by atoms with van der Waals surface area (Å²) in [6, 6.07) is 12.2. The van der Waals surface area contributed by atoms with E-state index in [-0.39, 0.29) is 53.3 Å².